The summed E-state index contributed by atoms with van der Waals surface area (Å²) < 4.78 is 32.8. The molecule has 0 unspecified atom stereocenters. The van der Waals surface area contributed by atoms with Gasteiger partial charge in [0.25, 0.3) is 0 Å². The van der Waals surface area contributed by atoms with Crippen LogP contribution in [0, 0.1) is 18.3 Å². The van der Waals surface area contributed by atoms with E-state index in [1.165, 1.54) is 11.1 Å². The largest absolute Gasteiger partial charge is 0.748 e. The number of hydrogen-bond donors (Lipinski definition) is 2. The first kappa shape index (κ1) is 39.7. The molecule has 0 aliphatic heterocycles. The Balaban J connectivity index is 0.00000583. The van der Waals surface area contributed by atoms with Crippen LogP contribution in [-0.4, -0.2) is 30.4 Å². The molecule has 1 amide bonds. The predicted molar refractivity (Wildman–Crippen MR) is 208 cm³/mol. The number of aryl methyl sites for hydroxylation is 1. The second kappa shape index (κ2) is 17.0. The zero-order valence-corrected chi connectivity index (χ0v) is 31.7. The van der Waals surface area contributed by atoms with Gasteiger partial charge in [0, 0.05) is 28.4 Å². The zero-order chi connectivity index (χ0) is 36.1. The maximum Gasteiger partial charge on any atom is 0.232 e. The molecule has 5 N–H and O–H groups in total. The number of rotatable bonds is 12. The summed E-state index contributed by atoms with van der Waals surface area (Å²) in [6.07, 6.45) is 6.00. The molecule has 0 heterocycles. The number of ketones is 1. The molecular formula is C42H49ClN2O5S. The van der Waals surface area contributed by atoms with Crippen molar-refractivity contribution < 1.29 is 22.6 Å². The average Bonchev–Trinajstić information content (AvgIpc) is 3.07. The number of benzene rings is 4. The minimum Gasteiger partial charge on any atom is -0.748 e. The molecule has 4 aromatic rings. The van der Waals surface area contributed by atoms with E-state index in [4.69, 9.17) is 11.6 Å². The molecule has 0 bridgehead atoms. The fraction of sp³-hybridized carbons (Fsp3) is 0.333. The normalized spacial score (nSPS) is 15.3. The maximum atomic E-state index is 14.0. The Morgan fingerprint density at radius 1 is 0.922 bits per heavy atom. The van der Waals surface area contributed by atoms with Crippen LogP contribution in [0.3, 0.4) is 0 Å². The highest BCUT2D eigenvalue weighted by atomic mass is 35.5. The molecule has 9 heteroatoms. The van der Waals surface area contributed by atoms with E-state index in [1.54, 1.807) is 12.1 Å². The van der Waals surface area contributed by atoms with Crippen LogP contribution in [0.15, 0.2) is 97.1 Å². The van der Waals surface area contributed by atoms with Crippen LogP contribution in [-0.2, 0) is 21.3 Å². The van der Waals surface area contributed by atoms with Gasteiger partial charge in [-0.1, -0.05) is 105 Å². The minimum absolute atomic E-state index is 0. The number of quaternary nitrogens is 1. The zero-order valence-electron chi connectivity index (χ0n) is 30.2. The lowest BCUT2D eigenvalue weighted by Crippen LogP contribution is -2.23. The van der Waals surface area contributed by atoms with Crippen molar-refractivity contribution in [3.63, 3.8) is 0 Å². The van der Waals surface area contributed by atoms with Gasteiger partial charge < -0.3 is 16.0 Å². The van der Waals surface area contributed by atoms with E-state index in [0.717, 1.165) is 47.1 Å². The lowest BCUT2D eigenvalue weighted by atomic mass is 9.72. The van der Waals surface area contributed by atoms with Crippen LogP contribution in [0.1, 0.15) is 91.4 Å². The topological polar surface area (TPSA) is 140 Å². The van der Waals surface area contributed by atoms with E-state index in [9.17, 15) is 22.6 Å². The fourth-order valence-electron chi connectivity index (χ4n) is 6.70. The van der Waals surface area contributed by atoms with Crippen LogP contribution in [0.25, 0.3) is 16.7 Å². The molecule has 2 atom stereocenters. The van der Waals surface area contributed by atoms with Crippen molar-refractivity contribution >= 4 is 44.7 Å². The van der Waals surface area contributed by atoms with Gasteiger partial charge in [0.15, 0.2) is 5.78 Å². The molecule has 0 spiro atoms. The Bertz CT molecular complexity index is 1960. The SMILES string of the molecule is Cc1cc(Cl)ccc1-c1ccc(NC(=O)[C@H](Cc2ccc(C(=O)CCCS(=O)(=O)[O-])cc2)c2ccc(C3=CC[C@@H](C(C)(C)C)CC3)cc2)cc1.[NH4+]. The van der Waals surface area contributed by atoms with Gasteiger partial charge in [-0.05, 0) is 114 Å². The van der Waals surface area contributed by atoms with E-state index in [-0.39, 0.29) is 36.1 Å². The van der Waals surface area contributed by atoms with E-state index in [0.29, 0.717) is 28.6 Å². The molecule has 1 aliphatic rings. The first-order valence-electron chi connectivity index (χ1n) is 17.2. The Labute approximate surface area is 307 Å². The third-order valence-corrected chi connectivity index (χ3v) is 10.8. The molecular weight excluding hydrogens is 680 g/mol. The van der Waals surface area contributed by atoms with Crippen molar-refractivity contribution in [2.75, 3.05) is 11.1 Å². The van der Waals surface area contributed by atoms with Crippen molar-refractivity contribution in [3.8, 4) is 11.1 Å². The molecule has 5 rings (SSSR count). The highest BCUT2D eigenvalue weighted by molar-refractivity contribution is 7.85. The molecule has 270 valence electrons. The third-order valence-electron chi connectivity index (χ3n) is 9.80. The van der Waals surface area contributed by atoms with Crippen molar-refractivity contribution in [3.05, 3.63) is 130 Å². The number of carbonyl (C=O) groups excluding carboxylic acids is 2. The van der Waals surface area contributed by atoms with E-state index in [1.807, 2.05) is 73.7 Å². The molecule has 1 aliphatic carbocycles. The Hall–Kier alpha value is -4.08. The van der Waals surface area contributed by atoms with Crippen LogP contribution >= 0.6 is 11.6 Å². The van der Waals surface area contributed by atoms with E-state index >= 15 is 0 Å². The number of allylic oxidation sites excluding steroid dienone is 2. The molecule has 0 saturated carbocycles. The molecule has 4 aromatic carbocycles. The number of anilines is 1. The van der Waals surface area contributed by atoms with E-state index < -0.39 is 21.8 Å². The highest BCUT2D eigenvalue weighted by Crippen LogP contribution is 2.40. The summed E-state index contributed by atoms with van der Waals surface area (Å²) in [6, 6.07) is 28.9. The van der Waals surface area contributed by atoms with Gasteiger partial charge in [-0.2, -0.15) is 0 Å². The first-order chi connectivity index (χ1) is 23.7. The van der Waals surface area contributed by atoms with Crippen molar-refractivity contribution in [2.45, 2.75) is 72.1 Å². The monoisotopic (exact) mass is 728 g/mol. The second-order valence-corrected chi connectivity index (χ2v) is 16.4. The number of nitrogens with one attached hydrogen (secondary N) is 1. The van der Waals surface area contributed by atoms with Gasteiger partial charge in [-0.15, -0.1) is 0 Å². The van der Waals surface area contributed by atoms with Crippen molar-refractivity contribution in [1.82, 2.24) is 6.15 Å². The Morgan fingerprint density at radius 2 is 1.57 bits per heavy atom. The van der Waals surface area contributed by atoms with Crippen LogP contribution < -0.4 is 11.5 Å². The van der Waals surface area contributed by atoms with Crippen molar-refractivity contribution in [2.24, 2.45) is 11.3 Å². The summed E-state index contributed by atoms with van der Waals surface area (Å²) in [4.78, 5) is 26.6. The Morgan fingerprint density at radius 3 is 2.14 bits per heavy atom. The standard InChI is InChI=1S/C42H46ClNO5S.H3N/c1-28-26-36(43)21-24-38(28)32-17-22-37(23-18-32)44-41(46)39(27-29-7-9-34(10-8-29)40(45)6-5-25-50(47,48)49)33-13-11-30(12-14-33)31-15-19-35(20-16-31)42(2,3)4;/h7-15,17-18,21-24,26,35,39H,5-6,16,19-20,25,27H2,1-4H3,(H,44,46)(H,47,48,49);1H3/t35-,39-;/m1./s1. The molecule has 0 saturated heterocycles. The van der Waals surface area contributed by atoms with Crippen LogP contribution in [0.5, 0.6) is 0 Å². The van der Waals surface area contributed by atoms with Gasteiger partial charge in [0.1, 0.15) is 0 Å². The number of carbonyl (C=O) groups is 2. The van der Waals surface area contributed by atoms with Gasteiger partial charge in [0.2, 0.25) is 5.91 Å². The highest BCUT2D eigenvalue weighted by Gasteiger charge is 2.27. The number of Topliss-reactive ketones (excluding diaryl/α,β-unsaturated/α-hetero) is 1. The summed E-state index contributed by atoms with van der Waals surface area (Å²) >= 11 is 6.15. The molecule has 51 heavy (non-hydrogen) atoms. The number of amides is 1. The molecule has 0 aromatic heterocycles. The fourth-order valence-corrected chi connectivity index (χ4v) is 7.43. The maximum absolute atomic E-state index is 14.0. The lowest BCUT2D eigenvalue weighted by molar-refractivity contribution is -0.117. The quantitative estimate of drug-likeness (QED) is 0.110. The summed E-state index contributed by atoms with van der Waals surface area (Å²) in [5, 5.41) is 3.81. The van der Waals surface area contributed by atoms with Crippen molar-refractivity contribution in [1.29, 1.82) is 0 Å². The minimum atomic E-state index is -4.36. The number of halogens is 1. The molecule has 0 radical (unpaired) electrons. The number of hydrogen-bond acceptors (Lipinski definition) is 5. The second-order valence-electron chi connectivity index (χ2n) is 14.5. The van der Waals surface area contributed by atoms with Crippen LogP contribution in [0.4, 0.5) is 5.69 Å². The summed E-state index contributed by atoms with van der Waals surface area (Å²) in [7, 11) is -4.36. The molecule has 0 fully saturated rings. The first-order valence-corrected chi connectivity index (χ1v) is 19.1. The summed E-state index contributed by atoms with van der Waals surface area (Å²) in [6.45, 7) is 8.94. The van der Waals surface area contributed by atoms with Gasteiger partial charge >= 0.3 is 0 Å². The van der Waals surface area contributed by atoms with E-state index in [2.05, 4.69) is 44.3 Å². The Kier molecular flexibility index (Phi) is 13.2. The van der Waals surface area contributed by atoms with Gasteiger partial charge in [0.05, 0.1) is 16.0 Å². The predicted octanol–water partition coefficient (Wildman–Crippen LogP) is 10.4. The molecule has 7 nitrogen and oxygen atoms in total. The summed E-state index contributed by atoms with van der Waals surface area (Å²) in [5.41, 5.74) is 8.88. The smallest absolute Gasteiger partial charge is 0.232 e. The van der Waals surface area contributed by atoms with Gasteiger partial charge in [-0.3, -0.25) is 9.59 Å². The lowest BCUT2D eigenvalue weighted by Gasteiger charge is -2.33. The van der Waals surface area contributed by atoms with Gasteiger partial charge in [-0.25, -0.2) is 8.42 Å². The summed E-state index contributed by atoms with van der Waals surface area (Å²) in [5.74, 6) is -0.773. The van der Waals surface area contributed by atoms with Crippen LogP contribution in [0.2, 0.25) is 5.02 Å². The third kappa shape index (κ3) is 11.0. The average molecular weight is 729 g/mol.